The van der Waals surface area contributed by atoms with Gasteiger partial charge >= 0.3 is 5.97 Å². The number of carbonyl (C=O) groups excluding carboxylic acids is 1. The van der Waals surface area contributed by atoms with Crippen molar-refractivity contribution in [1.82, 2.24) is 0 Å². The van der Waals surface area contributed by atoms with E-state index in [9.17, 15) is 4.79 Å². The summed E-state index contributed by atoms with van der Waals surface area (Å²) in [7, 11) is -2.86. The number of hydrogen-bond donors (Lipinski definition) is 0. The first kappa shape index (κ1) is 97.4. The van der Waals surface area contributed by atoms with Gasteiger partial charge < -0.3 is 32.5 Å². The molecular formula is C38H100O7Si2Y-2. The van der Waals surface area contributed by atoms with Crippen molar-refractivity contribution in [3.63, 3.8) is 0 Å². The topological polar surface area (TPSA) is 72.5 Å². The third-order valence-electron chi connectivity index (χ3n) is 4.53. The number of unbranched alkanes of at least 4 members (excludes halogenated alkanes) is 2. The van der Waals surface area contributed by atoms with Gasteiger partial charge in [-0.15, -0.1) is 0 Å². The van der Waals surface area contributed by atoms with E-state index < -0.39 is 16.4 Å². The average molecular weight is 814 g/mol. The second-order valence-corrected chi connectivity index (χ2v) is 19.2. The smallest absolute Gasteiger partial charge is 0.333 e. The van der Waals surface area contributed by atoms with Gasteiger partial charge in [0, 0.05) is 65.8 Å². The van der Waals surface area contributed by atoms with Crippen LogP contribution in [0.1, 0.15) is 129 Å². The third-order valence-corrected chi connectivity index (χ3v) is 8.76. The van der Waals surface area contributed by atoms with Crippen LogP contribution >= 0.6 is 0 Å². The van der Waals surface area contributed by atoms with Crippen LogP contribution in [0.4, 0.5) is 0 Å². The summed E-state index contributed by atoms with van der Waals surface area (Å²) in [6, 6.07) is 1.03. The molecule has 0 amide bonds. The molecule has 0 unspecified atom stereocenters. The van der Waals surface area contributed by atoms with Crippen molar-refractivity contribution in [1.29, 1.82) is 0 Å². The van der Waals surface area contributed by atoms with Gasteiger partial charge in [-0.25, -0.2) is 14.6 Å². The van der Waals surface area contributed by atoms with Crippen molar-refractivity contribution in [2.24, 2.45) is 0 Å². The van der Waals surface area contributed by atoms with Crippen LogP contribution in [0.5, 0.6) is 0 Å². The van der Waals surface area contributed by atoms with Gasteiger partial charge in [0.2, 0.25) is 8.32 Å². The van der Waals surface area contributed by atoms with Crippen LogP contribution in [0.2, 0.25) is 32.2 Å². The van der Waals surface area contributed by atoms with Gasteiger partial charge in [-0.05, 0) is 52.6 Å². The minimum absolute atomic E-state index is 0. The van der Waals surface area contributed by atoms with E-state index in [1.54, 1.807) is 6.92 Å². The zero-order valence-corrected chi connectivity index (χ0v) is 28.8. The Labute approximate surface area is 337 Å². The van der Waals surface area contributed by atoms with E-state index in [0.29, 0.717) is 44.8 Å². The normalized spacial score (nSPS) is 8.42. The summed E-state index contributed by atoms with van der Waals surface area (Å²) in [6.45, 7) is 30.7. The number of rotatable bonds is 21. The summed E-state index contributed by atoms with van der Waals surface area (Å²) >= 11 is 0. The largest absolute Gasteiger partial charge is 0.462 e. The Morgan fingerprint density at radius 3 is 1.40 bits per heavy atom. The first-order valence-electron chi connectivity index (χ1n) is 12.5. The van der Waals surface area contributed by atoms with Gasteiger partial charge in [0.05, 0.1) is 19.4 Å². The minimum Gasteiger partial charge on any atom is -0.462 e. The molecule has 48 heavy (non-hydrogen) atoms. The summed E-state index contributed by atoms with van der Waals surface area (Å²) in [5.41, 5.74) is 1.40. The molecular weight excluding hydrogens is 713 g/mol. The van der Waals surface area contributed by atoms with E-state index in [2.05, 4.69) is 53.2 Å². The van der Waals surface area contributed by atoms with Crippen molar-refractivity contribution in [3.05, 3.63) is 38.2 Å². The molecule has 0 aliphatic rings. The van der Waals surface area contributed by atoms with E-state index in [4.69, 9.17) is 28.4 Å². The molecule has 0 spiro atoms. The molecule has 0 bridgehead atoms. The zero-order chi connectivity index (χ0) is 27.2. The van der Waals surface area contributed by atoms with Crippen molar-refractivity contribution in [2.75, 3.05) is 52.1 Å². The fourth-order valence-corrected chi connectivity index (χ4v) is 4.33. The fourth-order valence-electron chi connectivity index (χ4n) is 2.22. The molecule has 0 aromatic rings. The average Bonchev–Trinajstić information content (AvgIpc) is 2.77. The van der Waals surface area contributed by atoms with Crippen LogP contribution in [-0.4, -0.2) is 74.5 Å². The molecule has 0 saturated heterocycles. The number of esters is 1. The maximum absolute atomic E-state index is 11.1. The first-order valence-corrected chi connectivity index (χ1v) is 19.0. The SMILES string of the molecule is C.C.C.C.C.C.C.C.C.C.C.C.C=C(C)C(=O)OCCCCOC[Si](C)(C)OC[CH2-].C=C(C)COOCCCCOC[Si](C)(C)C[CH2-].[Y]. The monoisotopic (exact) mass is 814 g/mol. The Hall–Kier alpha value is 0.288. The van der Waals surface area contributed by atoms with Crippen LogP contribution < -0.4 is 0 Å². The predicted molar refractivity (Wildman–Crippen MR) is 230 cm³/mol. The van der Waals surface area contributed by atoms with E-state index in [1.807, 2.05) is 6.92 Å². The maximum atomic E-state index is 11.1. The van der Waals surface area contributed by atoms with Crippen LogP contribution in [0, 0.1) is 13.8 Å². The van der Waals surface area contributed by atoms with E-state index in [1.165, 1.54) is 0 Å². The van der Waals surface area contributed by atoms with E-state index >= 15 is 0 Å². The fraction of sp³-hybridized carbons (Fsp3) is 0.816. The Bertz CT molecular complexity index is 577. The van der Waals surface area contributed by atoms with E-state index in [0.717, 1.165) is 50.1 Å². The molecule has 307 valence electrons. The maximum Gasteiger partial charge on any atom is 0.333 e. The summed E-state index contributed by atoms with van der Waals surface area (Å²) in [5.74, 6) is -0.326. The Balaban J connectivity index is -0.0000000275. The minimum atomic E-state index is -1.69. The van der Waals surface area contributed by atoms with Gasteiger partial charge in [0.15, 0.2) is 0 Å². The Kier molecular flexibility index (Phi) is 127. The van der Waals surface area contributed by atoms with Gasteiger partial charge in [-0.1, -0.05) is 128 Å². The number of carbonyl (C=O) groups is 1. The molecule has 0 N–H and O–H groups in total. The van der Waals surface area contributed by atoms with Crippen molar-refractivity contribution < 1.29 is 65.9 Å². The predicted octanol–water partition coefficient (Wildman–Crippen LogP) is 13.5. The van der Waals surface area contributed by atoms with Gasteiger partial charge in [0.25, 0.3) is 0 Å². The van der Waals surface area contributed by atoms with Crippen molar-refractivity contribution >= 4 is 22.4 Å². The molecule has 0 aromatic heterocycles. The second kappa shape index (κ2) is 62.4. The number of hydrogen-bond acceptors (Lipinski definition) is 7. The number of ether oxygens (including phenoxy) is 3. The third kappa shape index (κ3) is 76.2. The standard InChI is InChI=1S/C13H25O4Si.C13H27O3Si.12CH4.Y/c1-6-17-18(4,5)11-15-9-7-8-10-16-13(14)12(2)3;1-6-17(4,5)12-14-9-7-8-10-15-16-11-13(2)3;;;;;;;;;;;;;/h1-2,6-11H2,3-5H3;1-2,6-12H2,3-5H3;12*1H4;/q2*-1;;;;;;;;;;;;;. The quantitative estimate of drug-likeness (QED) is 0.0167. The summed E-state index contributed by atoms with van der Waals surface area (Å²) in [5, 5.41) is 0. The van der Waals surface area contributed by atoms with Crippen molar-refractivity contribution in [2.45, 2.75) is 161 Å². The molecule has 10 heteroatoms. The first-order chi connectivity index (χ1) is 16.4. The summed E-state index contributed by atoms with van der Waals surface area (Å²) in [4.78, 5) is 21.0. The van der Waals surface area contributed by atoms with Crippen LogP contribution in [0.15, 0.2) is 24.3 Å². The Morgan fingerprint density at radius 1 is 0.625 bits per heavy atom. The molecule has 0 aliphatic heterocycles. The zero-order valence-electron chi connectivity index (χ0n) is 24.0. The molecule has 0 saturated carbocycles. The molecule has 0 rings (SSSR count). The van der Waals surface area contributed by atoms with Crippen LogP contribution in [-0.2, 0) is 65.9 Å². The van der Waals surface area contributed by atoms with Crippen LogP contribution in [0.25, 0.3) is 0 Å². The summed E-state index contributed by atoms with van der Waals surface area (Å²) < 4.78 is 21.7. The molecule has 0 heterocycles. The second-order valence-electron chi connectivity index (χ2n) is 10.00. The van der Waals surface area contributed by atoms with Gasteiger partial charge in [0.1, 0.15) is 6.61 Å². The van der Waals surface area contributed by atoms with Crippen molar-refractivity contribution in [3.8, 4) is 0 Å². The molecule has 1 radical (unpaired) electrons. The molecule has 0 aromatic carbocycles. The molecule has 0 aliphatic carbocycles. The van der Waals surface area contributed by atoms with Gasteiger partial charge in [-0.2, -0.15) is 6.04 Å². The summed E-state index contributed by atoms with van der Waals surface area (Å²) in [6.07, 6.45) is 5.23. The molecule has 0 fully saturated rings. The molecule has 0 atom stereocenters. The van der Waals surface area contributed by atoms with Crippen LogP contribution in [0.3, 0.4) is 0 Å². The Morgan fingerprint density at radius 2 is 1.02 bits per heavy atom. The van der Waals surface area contributed by atoms with Gasteiger partial charge in [-0.3, -0.25) is 0 Å². The molecule has 7 nitrogen and oxygen atoms in total. The van der Waals surface area contributed by atoms with E-state index in [-0.39, 0.29) is 128 Å².